The van der Waals surface area contributed by atoms with Crippen LogP contribution in [0.3, 0.4) is 0 Å². The Morgan fingerprint density at radius 3 is 2.69 bits per heavy atom. The highest BCUT2D eigenvalue weighted by Gasteiger charge is 2.42. The van der Waals surface area contributed by atoms with Crippen LogP contribution in [0.4, 0.5) is 5.13 Å². The fraction of sp³-hybridized carbons (Fsp3) is 0.235. The summed E-state index contributed by atoms with van der Waals surface area (Å²) in [4.78, 5) is 45.0. The first-order valence-corrected chi connectivity index (χ1v) is 10.0. The Balaban J connectivity index is 1.74. The largest absolute Gasteiger partial charge is 0.398 e. The van der Waals surface area contributed by atoms with Gasteiger partial charge in [-0.15, -0.1) is 22.9 Å². The van der Waals surface area contributed by atoms with Gasteiger partial charge in [0, 0.05) is 10.4 Å². The molecule has 152 valence electrons. The third-order valence-electron chi connectivity index (χ3n) is 3.94. The SMILES string of the molecule is CON=C(C(=O)N[C@H]1C(=O)N[C@H]1c1ccc(Cl)cc1)c1csc(NC(=O)CCl)n1. The van der Waals surface area contributed by atoms with Gasteiger partial charge in [-0.1, -0.05) is 28.9 Å². The van der Waals surface area contributed by atoms with Crippen LogP contribution in [-0.4, -0.2) is 47.4 Å². The van der Waals surface area contributed by atoms with Gasteiger partial charge in [0.05, 0.1) is 6.04 Å². The minimum absolute atomic E-state index is 0.135. The average molecular weight is 456 g/mol. The summed E-state index contributed by atoms with van der Waals surface area (Å²) < 4.78 is 0. The van der Waals surface area contributed by atoms with Crippen LogP contribution in [0.25, 0.3) is 0 Å². The molecule has 2 atom stereocenters. The lowest BCUT2D eigenvalue weighted by Crippen LogP contribution is -2.64. The summed E-state index contributed by atoms with van der Waals surface area (Å²) in [5.74, 6) is -1.63. The van der Waals surface area contributed by atoms with Crippen LogP contribution < -0.4 is 16.0 Å². The summed E-state index contributed by atoms with van der Waals surface area (Å²) in [6.45, 7) is 0. The fourth-order valence-electron chi connectivity index (χ4n) is 2.57. The van der Waals surface area contributed by atoms with E-state index in [9.17, 15) is 14.4 Å². The highest BCUT2D eigenvalue weighted by atomic mass is 35.5. The number of nitrogens with one attached hydrogen (secondary N) is 3. The van der Waals surface area contributed by atoms with Crippen molar-refractivity contribution in [3.63, 3.8) is 0 Å². The standard InChI is InChI=1S/C17H15Cl2N5O4S/c1-28-24-13(10-7-29-17(20-10)21-11(25)6-18)15(26)23-14-12(22-16(14)27)8-2-4-9(19)5-3-8/h2-5,7,12,14H,6H2,1H3,(H,22,27)(H,23,26)(H,20,21,25)/t12-,14+/m0/s1. The number of nitrogens with zero attached hydrogens (tertiary/aromatic N) is 2. The molecule has 0 unspecified atom stereocenters. The monoisotopic (exact) mass is 455 g/mol. The maximum Gasteiger partial charge on any atom is 0.276 e. The van der Waals surface area contributed by atoms with Crippen LogP contribution in [-0.2, 0) is 19.2 Å². The summed E-state index contributed by atoms with van der Waals surface area (Å²) in [5.41, 5.74) is 0.843. The normalized spacial score (nSPS) is 18.4. The summed E-state index contributed by atoms with van der Waals surface area (Å²) in [5, 5.41) is 13.9. The molecule has 9 nitrogen and oxygen atoms in total. The van der Waals surface area contributed by atoms with Crippen LogP contribution in [0.5, 0.6) is 0 Å². The molecule has 0 radical (unpaired) electrons. The molecule has 1 aromatic heterocycles. The molecule has 2 heterocycles. The summed E-state index contributed by atoms with van der Waals surface area (Å²) in [6.07, 6.45) is 0. The van der Waals surface area contributed by atoms with Gasteiger partial charge in [-0.25, -0.2) is 4.98 Å². The topological polar surface area (TPSA) is 122 Å². The van der Waals surface area contributed by atoms with Gasteiger partial charge in [0.15, 0.2) is 10.8 Å². The van der Waals surface area contributed by atoms with Crippen molar-refractivity contribution in [1.29, 1.82) is 0 Å². The minimum Gasteiger partial charge on any atom is -0.398 e. The lowest BCUT2D eigenvalue weighted by molar-refractivity contribution is -0.134. The number of amides is 3. The molecule has 1 aromatic carbocycles. The Morgan fingerprint density at radius 2 is 2.07 bits per heavy atom. The molecule has 1 saturated heterocycles. The third kappa shape index (κ3) is 4.84. The van der Waals surface area contributed by atoms with Gasteiger partial charge < -0.3 is 20.8 Å². The van der Waals surface area contributed by atoms with E-state index in [1.54, 1.807) is 24.3 Å². The van der Waals surface area contributed by atoms with E-state index < -0.39 is 23.9 Å². The zero-order chi connectivity index (χ0) is 21.0. The van der Waals surface area contributed by atoms with E-state index >= 15 is 0 Å². The number of halogens is 2. The molecule has 3 N–H and O–H groups in total. The van der Waals surface area contributed by atoms with E-state index in [1.807, 2.05) is 0 Å². The van der Waals surface area contributed by atoms with Gasteiger partial charge in [0.2, 0.25) is 11.8 Å². The van der Waals surface area contributed by atoms with Crippen LogP contribution >= 0.6 is 34.5 Å². The highest BCUT2D eigenvalue weighted by Crippen LogP contribution is 2.26. The van der Waals surface area contributed by atoms with Gasteiger partial charge in [0.25, 0.3) is 5.91 Å². The smallest absolute Gasteiger partial charge is 0.276 e. The number of β-lactam (4-membered cyclic amide) rings is 1. The van der Waals surface area contributed by atoms with Crippen LogP contribution in [0.1, 0.15) is 17.3 Å². The Labute approximate surface area is 179 Å². The Morgan fingerprint density at radius 1 is 1.34 bits per heavy atom. The number of rotatable bonds is 7. The molecule has 0 spiro atoms. The summed E-state index contributed by atoms with van der Waals surface area (Å²) >= 11 is 12.4. The second-order valence-corrected chi connectivity index (χ2v) is 7.39. The van der Waals surface area contributed by atoms with Gasteiger partial charge in [-0.3, -0.25) is 14.4 Å². The molecular weight excluding hydrogens is 441 g/mol. The van der Waals surface area contributed by atoms with Crippen LogP contribution in [0.15, 0.2) is 34.8 Å². The number of hydrogen-bond donors (Lipinski definition) is 3. The van der Waals surface area contributed by atoms with E-state index in [2.05, 4.69) is 26.1 Å². The number of thiazole rings is 1. The van der Waals surface area contributed by atoms with Gasteiger partial charge in [-0.2, -0.15) is 0 Å². The quantitative estimate of drug-likeness (QED) is 0.253. The van der Waals surface area contributed by atoms with E-state index in [4.69, 9.17) is 28.0 Å². The van der Waals surface area contributed by atoms with E-state index in [1.165, 1.54) is 12.5 Å². The molecule has 3 rings (SSSR count). The molecule has 0 bridgehead atoms. The number of oxime groups is 1. The molecule has 29 heavy (non-hydrogen) atoms. The molecule has 12 heteroatoms. The molecule has 1 aliphatic rings. The molecule has 1 fully saturated rings. The molecule has 0 aliphatic carbocycles. The predicted molar refractivity (Wildman–Crippen MR) is 109 cm³/mol. The number of benzene rings is 1. The summed E-state index contributed by atoms with van der Waals surface area (Å²) in [7, 11) is 1.28. The van der Waals surface area contributed by atoms with Crippen molar-refractivity contribution in [2.75, 3.05) is 18.3 Å². The van der Waals surface area contributed by atoms with E-state index in [-0.39, 0.29) is 28.3 Å². The Bertz CT molecular complexity index is 963. The maximum absolute atomic E-state index is 12.7. The first kappa shape index (κ1) is 21.0. The number of anilines is 1. The molecule has 0 saturated carbocycles. The predicted octanol–water partition coefficient (Wildman–Crippen LogP) is 1.68. The molecule has 3 amide bonds. The molecule has 2 aromatic rings. The van der Waals surface area contributed by atoms with E-state index in [0.717, 1.165) is 16.9 Å². The Hall–Kier alpha value is -2.69. The maximum atomic E-state index is 12.7. The third-order valence-corrected chi connectivity index (χ3v) is 5.19. The van der Waals surface area contributed by atoms with Crippen molar-refractivity contribution in [1.82, 2.24) is 15.6 Å². The summed E-state index contributed by atoms with van der Waals surface area (Å²) in [6, 6.07) is 5.74. The number of carbonyl (C=O) groups is 3. The van der Waals surface area contributed by atoms with Gasteiger partial charge in [-0.05, 0) is 17.7 Å². The lowest BCUT2D eigenvalue weighted by atomic mass is 9.91. The second-order valence-electron chi connectivity index (χ2n) is 5.83. The number of hydrogen-bond acceptors (Lipinski definition) is 7. The first-order chi connectivity index (χ1) is 13.9. The lowest BCUT2D eigenvalue weighted by Gasteiger charge is -2.37. The van der Waals surface area contributed by atoms with Crippen molar-refractivity contribution in [2.24, 2.45) is 5.16 Å². The number of carbonyl (C=O) groups excluding carboxylic acids is 3. The van der Waals surface area contributed by atoms with Crippen LogP contribution in [0, 0.1) is 0 Å². The molecular formula is C17H15Cl2N5O4S. The number of aromatic nitrogens is 1. The van der Waals surface area contributed by atoms with Crippen LogP contribution in [0.2, 0.25) is 5.02 Å². The zero-order valence-electron chi connectivity index (χ0n) is 14.9. The Kier molecular flexibility index (Phi) is 6.68. The van der Waals surface area contributed by atoms with Gasteiger partial charge >= 0.3 is 0 Å². The average Bonchev–Trinajstić information content (AvgIpc) is 3.16. The van der Waals surface area contributed by atoms with E-state index in [0.29, 0.717) is 5.02 Å². The highest BCUT2D eigenvalue weighted by molar-refractivity contribution is 7.14. The number of alkyl halides is 1. The fourth-order valence-corrected chi connectivity index (χ4v) is 3.48. The van der Waals surface area contributed by atoms with Crippen molar-refractivity contribution in [3.05, 3.63) is 45.9 Å². The van der Waals surface area contributed by atoms with Crippen molar-refractivity contribution >= 4 is 63.1 Å². The van der Waals surface area contributed by atoms with Crippen molar-refractivity contribution in [2.45, 2.75) is 12.1 Å². The molecule has 1 aliphatic heterocycles. The zero-order valence-corrected chi connectivity index (χ0v) is 17.3. The van der Waals surface area contributed by atoms with Crippen molar-refractivity contribution < 1.29 is 19.2 Å². The second kappa shape index (κ2) is 9.21. The first-order valence-electron chi connectivity index (χ1n) is 8.22. The van der Waals surface area contributed by atoms with Gasteiger partial charge in [0.1, 0.15) is 24.7 Å². The van der Waals surface area contributed by atoms with Crippen molar-refractivity contribution in [3.8, 4) is 0 Å². The minimum atomic E-state index is -0.792.